The molecule has 0 N–H and O–H groups in total. The molecule has 0 aromatic carbocycles. The first-order chi connectivity index (χ1) is 5.68. The van der Waals surface area contributed by atoms with Crippen molar-refractivity contribution in [3.8, 4) is 0 Å². The van der Waals surface area contributed by atoms with Gasteiger partial charge in [0.1, 0.15) is 5.65 Å². The van der Waals surface area contributed by atoms with E-state index in [9.17, 15) is 0 Å². The van der Waals surface area contributed by atoms with Crippen molar-refractivity contribution < 1.29 is 0 Å². The molecule has 0 atom stereocenters. The summed E-state index contributed by atoms with van der Waals surface area (Å²) in [6, 6.07) is 4.10. The largest absolute Gasteiger partial charge is 0.295 e. The predicted molar refractivity (Wildman–Crippen MR) is 51.9 cm³/mol. The van der Waals surface area contributed by atoms with Gasteiger partial charge >= 0.3 is 0 Å². The highest BCUT2D eigenvalue weighted by atomic mass is 32.1. The fraction of sp³-hybridized carbons (Fsp3) is 0.222. The molecule has 2 rings (SSSR count). The molecular formula is C9H10N2S. The van der Waals surface area contributed by atoms with Gasteiger partial charge in [-0.05, 0) is 31.5 Å². The Morgan fingerprint density at radius 1 is 1.42 bits per heavy atom. The average Bonchev–Trinajstić information content (AvgIpc) is 2.28. The van der Waals surface area contributed by atoms with E-state index in [0.717, 1.165) is 16.4 Å². The van der Waals surface area contributed by atoms with Gasteiger partial charge in [0.05, 0.1) is 10.7 Å². The summed E-state index contributed by atoms with van der Waals surface area (Å²) in [5, 5.41) is 0.921. The van der Waals surface area contributed by atoms with Crippen molar-refractivity contribution in [2.45, 2.75) is 18.9 Å². The molecule has 0 bridgehead atoms. The first-order valence-electron chi connectivity index (χ1n) is 3.83. The van der Waals surface area contributed by atoms with E-state index in [2.05, 4.69) is 24.5 Å². The Hall–Kier alpha value is -0.960. The zero-order valence-corrected chi connectivity index (χ0v) is 7.97. The third-order valence-corrected chi connectivity index (χ3v) is 2.46. The van der Waals surface area contributed by atoms with Crippen LogP contribution in [-0.4, -0.2) is 9.38 Å². The normalized spacial score (nSPS) is 10.9. The van der Waals surface area contributed by atoms with E-state index in [0.29, 0.717) is 0 Å². The highest BCUT2D eigenvalue weighted by Gasteiger charge is 2.03. The minimum Gasteiger partial charge on any atom is -0.295 e. The molecule has 2 nitrogen and oxygen atoms in total. The maximum atomic E-state index is 4.36. The van der Waals surface area contributed by atoms with Gasteiger partial charge in [0.15, 0.2) is 0 Å². The SMILES string of the molecule is Cc1ccn2c(S)c(C)nc2c1. The molecule has 2 aromatic rings. The molecule has 2 heterocycles. The first kappa shape index (κ1) is 7.68. The van der Waals surface area contributed by atoms with E-state index < -0.39 is 0 Å². The summed E-state index contributed by atoms with van der Waals surface area (Å²) in [6.45, 7) is 4.02. The number of imidazole rings is 1. The van der Waals surface area contributed by atoms with Crippen LogP contribution < -0.4 is 0 Å². The zero-order chi connectivity index (χ0) is 8.72. The standard InChI is InChI=1S/C9H10N2S/c1-6-3-4-11-8(5-6)10-7(2)9(11)12/h3-5,12H,1-2H3. The summed E-state index contributed by atoms with van der Waals surface area (Å²) < 4.78 is 1.98. The second-order valence-electron chi connectivity index (χ2n) is 2.95. The number of aryl methyl sites for hydroxylation is 2. The Bertz CT molecular complexity index is 431. The molecular weight excluding hydrogens is 168 g/mol. The number of hydrogen-bond acceptors (Lipinski definition) is 2. The smallest absolute Gasteiger partial charge is 0.138 e. The van der Waals surface area contributed by atoms with Gasteiger partial charge < -0.3 is 0 Å². The summed E-state index contributed by atoms with van der Waals surface area (Å²) in [6.07, 6.45) is 1.99. The summed E-state index contributed by atoms with van der Waals surface area (Å²) in [5.74, 6) is 0. The van der Waals surface area contributed by atoms with Crippen LogP contribution in [0.1, 0.15) is 11.3 Å². The van der Waals surface area contributed by atoms with Crippen molar-refractivity contribution >= 4 is 18.3 Å². The lowest BCUT2D eigenvalue weighted by molar-refractivity contribution is 1.03. The minimum atomic E-state index is 0.921. The Morgan fingerprint density at radius 3 is 2.92 bits per heavy atom. The first-order valence-corrected chi connectivity index (χ1v) is 4.27. The van der Waals surface area contributed by atoms with Crippen molar-refractivity contribution in [3.05, 3.63) is 29.6 Å². The second kappa shape index (κ2) is 2.52. The van der Waals surface area contributed by atoms with Gasteiger partial charge in [0.2, 0.25) is 0 Å². The molecule has 0 spiro atoms. The van der Waals surface area contributed by atoms with Crippen LogP contribution in [0.25, 0.3) is 5.65 Å². The van der Waals surface area contributed by atoms with Crippen molar-refractivity contribution in [1.29, 1.82) is 0 Å². The van der Waals surface area contributed by atoms with Gasteiger partial charge in [-0.3, -0.25) is 4.40 Å². The third-order valence-electron chi connectivity index (χ3n) is 1.92. The maximum Gasteiger partial charge on any atom is 0.138 e. The molecule has 0 fully saturated rings. The van der Waals surface area contributed by atoms with E-state index in [-0.39, 0.29) is 0 Å². The third kappa shape index (κ3) is 1.01. The molecule has 3 heteroatoms. The van der Waals surface area contributed by atoms with Crippen LogP contribution in [-0.2, 0) is 0 Å². The van der Waals surface area contributed by atoms with Crippen molar-refractivity contribution in [2.75, 3.05) is 0 Å². The van der Waals surface area contributed by atoms with Gasteiger partial charge in [-0.1, -0.05) is 0 Å². The van der Waals surface area contributed by atoms with E-state index in [4.69, 9.17) is 0 Å². The van der Waals surface area contributed by atoms with E-state index >= 15 is 0 Å². The fourth-order valence-electron chi connectivity index (χ4n) is 1.25. The summed E-state index contributed by atoms with van der Waals surface area (Å²) >= 11 is 4.35. The van der Waals surface area contributed by atoms with E-state index in [1.807, 2.05) is 29.7 Å². The maximum absolute atomic E-state index is 4.36. The number of aromatic nitrogens is 2. The summed E-state index contributed by atoms with van der Waals surface area (Å²) in [5.41, 5.74) is 3.17. The minimum absolute atomic E-state index is 0.921. The van der Waals surface area contributed by atoms with Crippen LogP contribution >= 0.6 is 12.6 Å². The van der Waals surface area contributed by atoms with E-state index in [1.54, 1.807) is 0 Å². The zero-order valence-electron chi connectivity index (χ0n) is 7.07. The lowest BCUT2D eigenvalue weighted by Crippen LogP contribution is -1.84. The summed E-state index contributed by atoms with van der Waals surface area (Å²) in [4.78, 5) is 4.36. The molecule has 0 aliphatic carbocycles. The van der Waals surface area contributed by atoms with Gasteiger partial charge in [-0.2, -0.15) is 0 Å². The number of rotatable bonds is 0. The predicted octanol–water partition coefficient (Wildman–Crippen LogP) is 2.24. The van der Waals surface area contributed by atoms with Gasteiger partial charge in [0.25, 0.3) is 0 Å². The summed E-state index contributed by atoms with van der Waals surface area (Å²) in [7, 11) is 0. The van der Waals surface area contributed by atoms with Crippen LogP contribution in [0.2, 0.25) is 0 Å². The highest BCUT2D eigenvalue weighted by Crippen LogP contribution is 2.15. The van der Waals surface area contributed by atoms with Gasteiger partial charge in [-0.25, -0.2) is 4.98 Å². The number of pyridine rings is 1. The molecule has 0 amide bonds. The molecule has 0 unspecified atom stereocenters. The second-order valence-corrected chi connectivity index (χ2v) is 3.38. The average molecular weight is 178 g/mol. The van der Waals surface area contributed by atoms with Gasteiger partial charge in [-0.15, -0.1) is 12.6 Å². The molecule has 0 radical (unpaired) electrons. The van der Waals surface area contributed by atoms with Crippen molar-refractivity contribution in [1.82, 2.24) is 9.38 Å². The van der Waals surface area contributed by atoms with Crippen LogP contribution in [0.5, 0.6) is 0 Å². The monoisotopic (exact) mass is 178 g/mol. The van der Waals surface area contributed by atoms with Crippen molar-refractivity contribution in [2.24, 2.45) is 0 Å². The lowest BCUT2D eigenvalue weighted by atomic mass is 10.3. The van der Waals surface area contributed by atoms with Crippen LogP contribution in [0.3, 0.4) is 0 Å². The van der Waals surface area contributed by atoms with E-state index in [1.165, 1.54) is 5.56 Å². The molecule has 0 saturated heterocycles. The Labute approximate surface area is 76.7 Å². The number of hydrogen-bond donors (Lipinski definition) is 1. The van der Waals surface area contributed by atoms with Gasteiger partial charge in [0, 0.05) is 6.20 Å². The Balaban J connectivity index is 2.87. The molecule has 0 aliphatic heterocycles. The van der Waals surface area contributed by atoms with Crippen LogP contribution in [0.4, 0.5) is 0 Å². The molecule has 0 aliphatic rings. The molecule has 2 aromatic heterocycles. The molecule has 0 saturated carbocycles. The quantitative estimate of drug-likeness (QED) is 0.612. The number of thiol groups is 1. The molecule has 12 heavy (non-hydrogen) atoms. The molecule has 62 valence electrons. The van der Waals surface area contributed by atoms with Crippen LogP contribution in [0.15, 0.2) is 23.4 Å². The lowest BCUT2D eigenvalue weighted by Gasteiger charge is -1.95. The van der Waals surface area contributed by atoms with Crippen molar-refractivity contribution in [3.63, 3.8) is 0 Å². The number of fused-ring (bicyclic) bond motifs is 1. The highest BCUT2D eigenvalue weighted by molar-refractivity contribution is 7.80. The van der Waals surface area contributed by atoms with Crippen LogP contribution in [0, 0.1) is 13.8 Å². The topological polar surface area (TPSA) is 17.3 Å². The Morgan fingerprint density at radius 2 is 2.17 bits per heavy atom. The Kier molecular flexibility index (Phi) is 1.61. The fourth-order valence-corrected chi connectivity index (χ4v) is 1.47. The number of nitrogens with zero attached hydrogens (tertiary/aromatic N) is 2.